The average molecular weight is 593 g/mol. The Morgan fingerprint density at radius 1 is 0.976 bits per heavy atom. The molecule has 0 radical (unpaired) electrons. The predicted octanol–water partition coefficient (Wildman–Crippen LogP) is 4.32. The first-order valence-corrected chi connectivity index (χ1v) is 13.7. The van der Waals surface area contributed by atoms with Crippen molar-refractivity contribution < 1.29 is 42.1 Å². The van der Waals surface area contributed by atoms with Gasteiger partial charge in [-0.3, -0.25) is 4.79 Å². The number of ether oxygens (including phenoxy) is 3. The molecular formula is C27H31F3N6O6. The van der Waals surface area contributed by atoms with Gasteiger partial charge in [-0.15, -0.1) is 0 Å². The van der Waals surface area contributed by atoms with Crippen LogP contribution in [0.5, 0.6) is 11.5 Å². The lowest BCUT2D eigenvalue weighted by molar-refractivity contribution is -0.192. The van der Waals surface area contributed by atoms with Gasteiger partial charge in [-0.25, -0.2) is 4.79 Å². The van der Waals surface area contributed by atoms with E-state index in [1.165, 1.54) is 19.3 Å². The van der Waals surface area contributed by atoms with Crippen molar-refractivity contribution in [2.75, 3.05) is 50.2 Å². The number of fused-ring (bicyclic) bond motifs is 2. The molecule has 3 aliphatic rings. The van der Waals surface area contributed by atoms with E-state index < -0.39 is 12.1 Å². The zero-order chi connectivity index (χ0) is 29.7. The van der Waals surface area contributed by atoms with E-state index in [2.05, 4.69) is 20.6 Å². The molecule has 1 aromatic carbocycles. The molecule has 2 aliphatic heterocycles. The van der Waals surface area contributed by atoms with Crippen LogP contribution in [0.1, 0.15) is 42.5 Å². The smallest absolute Gasteiger partial charge is 0.485 e. The lowest BCUT2D eigenvalue weighted by Gasteiger charge is -2.29. The summed E-state index contributed by atoms with van der Waals surface area (Å²) in [5.74, 6) is -0.610. The van der Waals surface area contributed by atoms with Gasteiger partial charge in [0.25, 0.3) is 5.91 Å². The predicted molar refractivity (Wildman–Crippen MR) is 146 cm³/mol. The van der Waals surface area contributed by atoms with Crippen molar-refractivity contribution in [1.29, 1.82) is 0 Å². The number of carbonyl (C=O) groups is 2. The largest absolute Gasteiger partial charge is 0.490 e. The van der Waals surface area contributed by atoms with E-state index in [4.69, 9.17) is 29.1 Å². The third-order valence-electron chi connectivity index (χ3n) is 7.07. The molecule has 2 fully saturated rings. The Labute approximate surface area is 238 Å². The molecule has 3 aromatic rings. The van der Waals surface area contributed by atoms with Gasteiger partial charge in [0.1, 0.15) is 24.7 Å². The number of aromatic amines is 1. The number of carboxylic acid groups (broad SMARTS) is 1. The number of alkyl halides is 3. The summed E-state index contributed by atoms with van der Waals surface area (Å²) in [4.78, 5) is 36.5. The van der Waals surface area contributed by atoms with Gasteiger partial charge in [-0.2, -0.15) is 23.1 Å². The highest BCUT2D eigenvalue weighted by Crippen LogP contribution is 2.42. The number of carboxylic acids is 1. The van der Waals surface area contributed by atoms with Crippen LogP contribution in [0, 0.1) is 0 Å². The molecule has 42 heavy (non-hydrogen) atoms. The summed E-state index contributed by atoms with van der Waals surface area (Å²) in [6.45, 7) is 3.01. The summed E-state index contributed by atoms with van der Waals surface area (Å²) in [5, 5.41) is 15.0. The molecule has 0 bridgehead atoms. The fourth-order valence-corrected chi connectivity index (χ4v) is 5.01. The number of rotatable bonds is 5. The van der Waals surface area contributed by atoms with Crippen LogP contribution in [0.4, 0.5) is 30.6 Å². The van der Waals surface area contributed by atoms with Gasteiger partial charge in [-0.1, -0.05) is 19.3 Å². The van der Waals surface area contributed by atoms with Gasteiger partial charge in [-0.05, 0) is 31.0 Å². The van der Waals surface area contributed by atoms with E-state index in [0.717, 1.165) is 29.7 Å². The Balaban J connectivity index is 0.000000451. The quantitative estimate of drug-likeness (QED) is 0.337. The third kappa shape index (κ3) is 6.78. The zero-order valence-corrected chi connectivity index (χ0v) is 22.6. The third-order valence-corrected chi connectivity index (χ3v) is 7.07. The van der Waals surface area contributed by atoms with Gasteiger partial charge < -0.3 is 39.8 Å². The van der Waals surface area contributed by atoms with Gasteiger partial charge >= 0.3 is 12.1 Å². The van der Waals surface area contributed by atoms with Gasteiger partial charge in [0.2, 0.25) is 5.95 Å². The summed E-state index contributed by atoms with van der Waals surface area (Å²) in [7, 11) is 0. The normalized spacial score (nSPS) is 17.3. The SMILES string of the molecule is O=C(O)C(F)(F)F.O=C(c1ccc(Nc2nc(NC3CCCCC3)c3cc[nH]c3n2)c2c1OCCO2)N1CCOCC1. The molecule has 1 aliphatic carbocycles. The number of carbonyl (C=O) groups excluding carboxylic acids is 1. The van der Waals surface area contributed by atoms with Crippen molar-refractivity contribution in [3.05, 3.63) is 30.0 Å². The molecule has 0 unspecified atom stereocenters. The highest BCUT2D eigenvalue weighted by atomic mass is 19.4. The maximum absolute atomic E-state index is 13.2. The number of hydrogen-bond donors (Lipinski definition) is 4. The minimum absolute atomic E-state index is 0.0791. The Morgan fingerprint density at radius 3 is 2.36 bits per heavy atom. The van der Waals surface area contributed by atoms with Gasteiger partial charge in [0, 0.05) is 25.3 Å². The first-order valence-electron chi connectivity index (χ1n) is 13.7. The average Bonchev–Trinajstić information content (AvgIpc) is 3.47. The summed E-state index contributed by atoms with van der Waals surface area (Å²) in [6.07, 6.45) is 2.86. The van der Waals surface area contributed by atoms with Crippen molar-refractivity contribution in [1.82, 2.24) is 19.9 Å². The van der Waals surface area contributed by atoms with E-state index in [1.54, 1.807) is 11.0 Å². The number of aromatic nitrogens is 3. The van der Waals surface area contributed by atoms with Crippen molar-refractivity contribution in [3.63, 3.8) is 0 Å². The number of anilines is 3. The van der Waals surface area contributed by atoms with Crippen molar-refractivity contribution in [3.8, 4) is 11.5 Å². The van der Waals surface area contributed by atoms with Crippen LogP contribution >= 0.6 is 0 Å². The molecule has 1 saturated carbocycles. The number of benzene rings is 1. The molecule has 15 heteroatoms. The van der Waals surface area contributed by atoms with Crippen molar-refractivity contribution >= 4 is 40.4 Å². The van der Waals surface area contributed by atoms with Crippen LogP contribution < -0.4 is 20.1 Å². The Hall–Kier alpha value is -4.27. The fraction of sp³-hybridized carbons (Fsp3) is 0.481. The topological polar surface area (TPSA) is 151 Å². The first kappa shape index (κ1) is 29.2. The fourth-order valence-electron chi connectivity index (χ4n) is 5.01. The maximum Gasteiger partial charge on any atom is 0.490 e. The number of amides is 1. The van der Waals surface area contributed by atoms with E-state index in [9.17, 15) is 18.0 Å². The van der Waals surface area contributed by atoms with Crippen LogP contribution in [0.25, 0.3) is 11.0 Å². The number of nitrogens with one attached hydrogen (secondary N) is 3. The standard InChI is InChI=1S/C25H30N6O4.C2HF3O2/c32-24(31-10-12-33-13-11-31)17-6-7-19(21-20(17)34-14-15-35-21)28-25-29-22-18(8-9-26-22)23(30-25)27-16-4-2-1-3-5-16;3-2(4,5)1(6)7/h6-9,16H,1-5,10-15H2,(H3,26,27,28,29,30);(H,6,7). The summed E-state index contributed by atoms with van der Waals surface area (Å²) in [5.41, 5.74) is 1.91. The molecule has 226 valence electrons. The summed E-state index contributed by atoms with van der Waals surface area (Å²) >= 11 is 0. The number of aliphatic carboxylic acids is 1. The summed E-state index contributed by atoms with van der Waals surface area (Å²) in [6, 6.07) is 6.02. The minimum atomic E-state index is -5.08. The second-order valence-corrected chi connectivity index (χ2v) is 9.96. The Kier molecular flexibility index (Phi) is 8.85. The van der Waals surface area contributed by atoms with Crippen LogP contribution in [0.2, 0.25) is 0 Å². The molecule has 0 atom stereocenters. The monoisotopic (exact) mass is 592 g/mol. The second kappa shape index (κ2) is 12.7. The van der Waals surface area contributed by atoms with E-state index in [1.807, 2.05) is 18.3 Å². The van der Waals surface area contributed by atoms with E-state index in [-0.39, 0.29) is 5.91 Å². The number of H-pyrrole nitrogens is 1. The number of nitrogens with zero attached hydrogens (tertiary/aromatic N) is 3. The minimum Gasteiger partial charge on any atom is -0.485 e. The zero-order valence-electron chi connectivity index (χ0n) is 22.6. The van der Waals surface area contributed by atoms with Crippen LogP contribution in [0.15, 0.2) is 24.4 Å². The van der Waals surface area contributed by atoms with E-state index in [0.29, 0.717) is 74.3 Å². The van der Waals surface area contributed by atoms with Crippen molar-refractivity contribution in [2.45, 2.75) is 44.3 Å². The maximum atomic E-state index is 13.2. The molecular weight excluding hydrogens is 561 g/mol. The van der Waals surface area contributed by atoms with Crippen LogP contribution in [-0.4, -0.2) is 88.6 Å². The first-order chi connectivity index (χ1) is 20.2. The molecule has 6 rings (SSSR count). The lowest BCUT2D eigenvalue weighted by atomic mass is 9.95. The molecule has 4 heterocycles. The van der Waals surface area contributed by atoms with Gasteiger partial charge in [0.05, 0.1) is 29.9 Å². The second-order valence-electron chi connectivity index (χ2n) is 9.96. The molecule has 1 amide bonds. The number of halogens is 3. The molecule has 1 saturated heterocycles. The van der Waals surface area contributed by atoms with Crippen LogP contribution in [-0.2, 0) is 9.53 Å². The van der Waals surface area contributed by atoms with Gasteiger partial charge in [0.15, 0.2) is 11.5 Å². The number of morpholine rings is 1. The highest BCUT2D eigenvalue weighted by molar-refractivity contribution is 5.99. The molecule has 4 N–H and O–H groups in total. The molecule has 12 nitrogen and oxygen atoms in total. The molecule has 0 spiro atoms. The Morgan fingerprint density at radius 2 is 1.67 bits per heavy atom. The highest BCUT2D eigenvalue weighted by Gasteiger charge is 2.38. The Bertz CT molecular complexity index is 1420. The van der Waals surface area contributed by atoms with Crippen molar-refractivity contribution in [2.24, 2.45) is 0 Å². The number of hydrogen-bond acceptors (Lipinski definition) is 9. The van der Waals surface area contributed by atoms with Crippen LogP contribution in [0.3, 0.4) is 0 Å². The lowest BCUT2D eigenvalue weighted by Crippen LogP contribution is -2.41. The summed E-state index contributed by atoms with van der Waals surface area (Å²) < 4.78 is 49.0. The molecule has 2 aromatic heterocycles. The van der Waals surface area contributed by atoms with E-state index >= 15 is 0 Å².